The van der Waals surface area contributed by atoms with E-state index in [-0.39, 0.29) is 6.54 Å². The van der Waals surface area contributed by atoms with Gasteiger partial charge in [0.15, 0.2) is 6.04 Å². The summed E-state index contributed by atoms with van der Waals surface area (Å²) in [6, 6.07) is 7.60. The number of carboxylic acid groups (broad SMARTS) is 1. The van der Waals surface area contributed by atoms with Crippen LogP contribution in [-0.4, -0.2) is 45.4 Å². The summed E-state index contributed by atoms with van der Waals surface area (Å²) in [6.07, 6.45) is -0.771. The number of carbonyl (C=O) groups excluding carboxylic acids is 1. The van der Waals surface area contributed by atoms with E-state index in [0.717, 1.165) is 10.5 Å². The predicted octanol–water partition coefficient (Wildman–Crippen LogP) is 1.87. The van der Waals surface area contributed by atoms with Crippen LogP contribution in [0.4, 0.5) is 4.79 Å². The second-order valence-corrected chi connectivity index (χ2v) is 5.63. The van der Waals surface area contributed by atoms with Gasteiger partial charge in [0, 0.05) is 0 Å². The van der Waals surface area contributed by atoms with Crippen LogP contribution in [0.15, 0.2) is 30.3 Å². The van der Waals surface area contributed by atoms with E-state index in [1.165, 1.54) is 0 Å². The number of aliphatic hydroxyl groups excluding tert-OH is 1. The Bertz CT molecular complexity index is 481. The topological polar surface area (TPSA) is 87.1 Å². The molecule has 0 aliphatic heterocycles. The Hall–Kier alpha value is -2.08. The van der Waals surface area contributed by atoms with Gasteiger partial charge < -0.3 is 14.9 Å². The monoisotopic (exact) mass is 295 g/mol. The Morgan fingerprint density at radius 3 is 2.24 bits per heavy atom. The molecule has 6 nitrogen and oxygen atoms in total. The van der Waals surface area contributed by atoms with Crippen molar-refractivity contribution in [2.45, 2.75) is 39.0 Å². The minimum absolute atomic E-state index is 0.0489. The van der Waals surface area contributed by atoms with E-state index < -0.39 is 30.3 Å². The molecule has 6 heteroatoms. The van der Waals surface area contributed by atoms with E-state index >= 15 is 0 Å². The molecule has 0 unspecified atom stereocenters. The summed E-state index contributed by atoms with van der Waals surface area (Å²) in [5, 5.41) is 18.4. The van der Waals surface area contributed by atoms with Crippen molar-refractivity contribution in [3.63, 3.8) is 0 Å². The number of hydrogen-bond acceptors (Lipinski definition) is 4. The number of ether oxygens (including phenoxy) is 1. The SMILES string of the molecule is CC(C)(C)OC(=O)N(Cc1ccccc1)[C@H](CO)C(=O)O. The molecule has 2 N–H and O–H groups in total. The lowest BCUT2D eigenvalue weighted by Gasteiger charge is -2.30. The van der Waals surface area contributed by atoms with Crippen LogP contribution in [0, 0.1) is 0 Å². The van der Waals surface area contributed by atoms with Crippen molar-refractivity contribution in [2.75, 3.05) is 6.61 Å². The highest BCUT2D eigenvalue weighted by Gasteiger charge is 2.32. The van der Waals surface area contributed by atoms with Gasteiger partial charge in [-0.2, -0.15) is 0 Å². The van der Waals surface area contributed by atoms with Crippen LogP contribution in [-0.2, 0) is 16.1 Å². The van der Waals surface area contributed by atoms with Crippen molar-refractivity contribution in [1.82, 2.24) is 4.90 Å². The first-order valence-corrected chi connectivity index (χ1v) is 6.62. The normalized spacial score (nSPS) is 12.6. The Balaban J connectivity index is 2.99. The van der Waals surface area contributed by atoms with Gasteiger partial charge in [-0.25, -0.2) is 9.59 Å². The minimum Gasteiger partial charge on any atom is -0.480 e. The van der Waals surface area contributed by atoms with Gasteiger partial charge >= 0.3 is 12.1 Å². The Kier molecular flexibility index (Phi) is 5.72. The van der Waals surface area contributed by atoms with Crippen LogP contribution in [0.2, 0.25) is 0 Å². The summed E-state index contributed by atoms with van der Waals surface area (Å²) in [7, 11) is 0. The summed E-state index contributed by atoms with van der Waals surface area (Å²) in [5.41, 5.74) is 0.00733. The summed E-state index contributed by atoms with van der Waals surface area (Å²) in [4.78, 5) is 24.4. The van der Waals surface area contributed by atoms with Gasteiger partial charge in [0.05, 0.1) is 13.2 Å². The third-order valence-corrected chi connectivity index (χ3v) is 2.66. The zero-order valence-electron chi connectivity index (χ0n) is 12.4. The molecule has 0 heterocycles. The average molecular weight is 295 g/mol. The Labute approximate surface area is 124 Å². The molecule has 1 atom stereocenters. The average Bonchev–Trinajstić information content (AvgIpc) is 2.37. The smallest absolute Gasteiger partial charge is 0.411 e. The molecule has 0 aromatic heterocycles. The van der Waals surface area contributed by atoms with Crippen molar-refractivity contribution in [1.29, 1.82) is 0 Å². The van der Waals surface area contributed by atoms with Gasteiger partial charge in [-0.05, 0) is 26.3 Å². The second kappa shape index (κ2) is 7.08. The van der Waals surface area contributed by atoms with E-state index in [1.807, 2.05) is 6.07 Å². The van der Waals surface area contributed by atoms with Crippen molar-refractivity contribution >= 4 is 12.1 Å². The molecular weight excluding hydrogens is 274 g/mol. The third-order valence-electron chi connectivity index (χ3n) is 2.66. The van der Waals surface area contributed by atoms with Crippen LogP contribution in [0.3, 0.4) is 0 Å². The van der Waals surface area contributed by atoms with Crippen LogP contribution in [0.5, 0.6) is 0 Å². The maximum absolute atomic E-state index is 12.2. The molecule has 0 saturated heterocycles. The lowest BCUT2D eigenvalue weighted by Crippen LogP contribution is -2.48. The zero-order chi connectivity index (χ0) is 16.0. The highest BCUT2D eigenvalue weighted by Crippen LogP contribution is 2.15. The van der Waals surface area contributed by atoms with Crippen molar-refractivity contribution in [3.8, 4) is 0 Å². The highest BCUT2D eigenvalue weighted by atomic mass is 16.6. The van der Waals surface area contributed by atoms with E-state index in [2.05, 4.69) is 0 Å². The Morgan fingerprint density at radius 2 is 1.81 bits per heavy atom. The first-order valence-electron chi connectivity index (χ1n) is 6.62. The van der Waals surface area contributed by atoms with E-state index in [0.29, 0.717) is 0 Å². The fraction of sp³-hybridized carbons (Fsp3) is 0.467. The minimum atomic E-state index is -1.35. The predicted molar refractivity (Wildman–Crippen MR) is 76.7 cm³/mol. The number of benzene rings is 1. The van der Waals surface area contributed by atoms with Crippen LogP contribution < -0.4 is 0 Å². The summed E-state index contributed by atoms with van der Waals surface area (Å²) < 4.78 is 5.22. The molecule has 0 aliphatic carbocycles. The van der Waals surface area contributed by atoms with E-state index in [1.54, 1.807) is 45.0 Å². The third kappa shape index (κ3) is 5.43. The first kappa shape index (κ1) is 17.0. The largest absolute Gasteiger partial charge is 0.480 e. The van der Waals surface area contributed by atoms with Crippen LogP contribution in [0.1, 0.15) is 26.3 Å². The number of amides is 1. The van der Waals surface area contributed by atoms with Crippen LogP contribution >= 0.6 is 0 Å². The molecule has 0 aliphatic rings. The molecule has 1 aromatic carbocycles. The molecule has 1 rings (SSSR count). The number of aliphatic hydroxyl groups is 1. The van der Waals surface area contributed by atoms with E-state index in [4.69, 9.17) is 9.84 Å². The molecule has 1 aromatic rings. The number of hydrogen-bond donors (Lipinski definition) is 2. The number of carbonyl (C=O) groups is 2. The summed E-state index contributed by atoms with van der Waals surface area (Å²) >= 11 is 0. The fourth-order valence-corrected chi connectivity index (χ4v) is 1.71. The maximum atomic E-state index is 12.2. The molecular formula is C15H21NO5. The number of carboxylic acids is 1. The molecule has 21 heavy (non-hydrogen) atoms. The van der Waals surface area contributed by atoms with Gasteiger partial charge in [0.1, 0.15) is 5.60 Å². The van der Waals surface area contributed by atoms with Crippen molar-refractivity contribution < 1.29 is 24.5 Å². The van der Waals surface area contributed by atoms with Crippen LogP contribution in [0.25, 0.3) is 0 Å². The van der Waals surface area contributed by atoms with Gasteiger partial charge in [0.25, 0.3) is 0 Å². The molecule has 0 radical (unpaired) electrons. The molecule has 1 amide bonds. The molecule has 116 valence electrons. The number of aliphatic carboxylic acids is 1. The fourth-order valence-electron chi connectivity index (χ4n) is 1.71. The Morgan fingerprint density at radius 1 is 1.24 bits per heavy atom. The first-order chi connectivity index (χ1) is 9.74. The van der Waals surface area contributed by atoms with Gasteiger partial charge in [-0.3, -0.25) is 4.90 Å². The number of rotatable bonds is 5. The standard InChI is InChI=1S/C15H21NO5/c1-15(2,3)21-14(20)16(12(10-17)13(18)19)9-11-7-5-4-6-8-11/h4-8,12,17H,9-10H2,1-3H3,(H,18,19)/t12-/m1/s1. The molecule has 0 bridgehead atoms. The quantitative estimate of drug-likeness (QED) is 0.866. The summed E-state index contributed by atoms with van der Waals surface area (Å²) in [6.45, 7) is 4.45. The van der Waals surface area contributed by atoms with E-state index in [9.17, 15) is 14.7 Å². The zero-order valence-corrected chi connectivity index (χ0v) is 12.4. The lowest BCUT2D eigenvalue weighted by molar-refractivity contribution is -0.144. The van der Waals surface area contributed by atoms with Crippen molar-refractivity contribution in [3.05, 3.63) is 35.9 Å². The molecule has 0 fully saturated rings. The molecule has 0 saturated carbocycles. The van der Waals surface area contributed by atoms with Crippen molar-refractivity contribution in [2.24, 2.45) is 0 Å². The second-order valence-electron chi connectivity index (χ2n) is 5.63. The van der Waals surface area contributed by atoms with Gasteiger partial charge in [0.2, 0.25) is 0 Å². The maximum Gasteiger partial charge on any atom is 0.411 e. The van der Waals surface area contributed by atoms with Gasteiger partial charge in [-0.15, -0.1) is 0 Å². The lowest BCUT2D eigenvalue weighted by atomic mass is 10.1. The van der Waals surface area contributed by atoms with Gasteiger partial charge in [-0.1, -0.05) is 30.3 Å². The highest BCUT2D eigenvalue weighted by molar-refractivity contribution is 5.80. The summed E-state index contributed by atoms with van der Waals surface area (Å²) in [5.74, 6) is -1.28. The molecule has 0 spiro atoms. The number of nitrogens with zero attached hydrogens (tertiary/aromatic N) is 1.